The van der Waals surface area contributed by atoms with Gasteiger partial charge in [0.2, 0.25) is 5.91 Å². The molecule has 1 heterocycles. The molecule has 30 heavy (non-hydrogen) atoms. The second-order valence-corrected chi connectivity index (χ2v) is 9.55. The summed E-state index contributed by atoms with van der Waals surface area (Å²) in [6, 6.07) is 25.0. The van der Waals surface area contributed by atoms with Gasteiger partial charge in [-0.3, -0.25) is 4.79 Å². The van der Waals surface area contributed by atoms with Crippen LogP contribution in [0.25, 0.3) is 10.2 Å². The first-order chi connectivity index (χ1) is 14.4. The highest BCUT2D eigenvalue weighted by Gasteiger charge is 2.70. The molecular formula is C26H24N2OS. The number of nitrogens with one attached hydrogen (secondary N) is 1. The summed E-state index contributed by atoms with van der Waals surface area (Å²) < 4.78 is 1.10. The molecule has 0 radical (unpaired) electrons. The normalized spacial score (nSPS) is 19.6. The molecule has 0 bridgehead atoms. The van der Waals surface area contributed by atoms with Crippen molar-refractivity contribution in [3.05, 3.63) is 95.1 Å². The summed E-state index contributed by atoms with van der Waals surface area (Å²) in [6.45, 7) is 6.27. The maximum atomic E-state index is 13.5. The number of hydrogen-bond donors (Lipinski definition) is 1. The average Bonchev–Trinajstić information content (AvgIpc) is 3.25. The third kappa shape index (κ3) is 2.78. The van der Waals surface area contributed by atoms with Gasteiger partial charge in [0.15, 0.2) is 5.13 Å². The molecule has 4 aromatic rings. The van der Waals surface area contributed by atoms with E-state index < -0.39 is 5.41 Å². The Morgan fingerprint density at radius 2 is 1.50 bits per heavy atom. The lowest BCUT2D eigenvalue weighted by atomic mass is 9.80. The van der Waals surface area contributed by atoms with Crippen LogP contribution < -0.4 is 5.32 Å². The van der Waals surface area contributed by atoms with Crippen LogP contribution in [0.15, 0.2) is 72.8 Å². The van der Waals surface area contributed by atoms with Crippen molar-refractivity contribution in [2.75, 3.05) is 5.32 Å². The molecule has 0 aliphatic heterocycles. The fourth-order valence-electron chi connectivity index (χ4n) is 4.68. The predicted octanol–water partition coefficient (Wildman–Crippen LogP) is 6.25. The van der Waals surface area contributed by atoms with Gasteiger partial charge in [-0.1, -0.05) is 72.0 Å². The summed E-state index contributed by atoms with van der Waals surface area (Å²) in [5, 5.41) is 3.81. The smallest absolute Gasteiger partial charge is 0.233 e. The number of carbonyl (C=O) groups excluding carboxylic acids is 1. The predicted molar refractivity (Wildman–Crippen MR) is 124 cm³/mol. The summed E-state index contributed by atoms with van der Waals surface area (Å²) in [4.78, 5) is 18.2. The lowest BCUT2D eigenvalue weighted by Crippen LogP contribution is -2.30. The van der Waals surface area contributed by atoms with Crippen LogP contribution in [-0.4, -0.2) is 10.9 Å². The Labute approximate surface area is 180 Å². The van der Waals surface area contributed by atoms with E-state index in [0.717, 1.165) is 16.6 Å². The zero-order valence-electron chi connectivity index (χ0n) is 17.4. The van der Waals surface area contributed by atoms with Crippen molar-refractivity contribution in [1.82, 2.24) is 4.98 Å². The van der Waals surface area contributed by atoms with Crippen LogP contribution in [0.2, 0.25) is 0 Å². The van der Waals surface area contributed by atoms with Gasteiger partial charge >= 0.3 is 0 Å². The van der Waals surface area contributed by atoms with Crippen molar-refractivity contribution in [2.24, 2.45) is 5.41 Å². The van der Waals surface area contributed by atoms with Crippen molar-refractivity contribution in [2.45, 2.75) is 32.6 Å². The zero-order chi connectivity index (χ0) is 20.9. The monoisotopic (exact) mass is 412 g/mol. The molecule has 1 fully saturated rings. The Hall–Kier alpha value is -2.98. The molecule has 1 atom stereocenters. The minimum absolute atomic E-state index is 0.0303. The van der Waals surface area contributed by atoms with Gasteiger partial charge in [0, 0.05) is 5.41 Å². The SMILES string of the molecule is Cc1cc2nc(NC(=O)C3(C)CC3(c3ccccc3)c3ccccc3)sc2cc1C. The molecule has 0 spiro atoms. The number of anilines is 1. The van der Waals surface area contributed by atoms with Crippen LogP contribution >= 0.6 is 11.3 Å². The van der Waals surface area contributed by atoms with Crippen molar-refractivity contribution < 1.29 is 4.79 Å². The Morgan fingerprint density at radius 1 is 0.933 bits per heavy atom. The third-order valence-electron chi connectivity index (χ3n) is 6.69. The van der Waals surface area contributed by atoms with Gasteiger partial charge in [-0.2, -0.15) is 0 Å². The maximum Gasteiger partial charge on any atom is 0.233 e. The molecule has 3 nitrogen and oxygen atoms in total. The molecule has 1 aromatic heterocycles. The first-order valence-electron chi connectivity index (χ1n) is 10.2. The van der Waals surface area contributed by atoms with Crippen molar-refractivity contribution in [3.8, 4) is 0 Å². The Kier molecular flexibility index (Phi) is 4.30. The summed E-state index contributed by atoms with van der Waals surface area (Å²) in [6.07, 6.45) is 0.781. The maximum absolute atomic E-state index is 13.5. The van der Waals surface area contributed by atoms with E-state index >= 15 is 0 Å². The topological polar surface area (TPSA) is 42.0 Å². The molecule has 1 aliphatic rings. The van der Waals surface area contributed by atoms with E-state index in [1.54, 1.807) is 11.3 Å². The number of benzene rings is 3. The van der Waals surface area contributed by atoms with Crippen LogP contribution in [0.5, 0.6) is 0 Å². The number of carbonyl (C=O) groups is 1. The standard InChI is InChI=1S/C26H24N2OS/c1-17-14-21-22(15-18(17)2)30-24(27-21)28-23(29)25(3)16-26(25,19-10-6-4-7-11-19)20-12-8-5-9-13-20/h4-15H,16H2,1-3H3,(H,27,28,29). The number of aromatic nitrogens is 1. The number of thiazole rings is 1. The van der Waals surface area contributed by atoms with E-state index in [2.05, 4.69) is 91.7 Å². The number of hydrogen-bond acceptors (Lipinski definition) is 3. The Bertz CT molecular complexity index is 1170. The summed E-state index contributed by atoms with van der Waals surface area (Å²) in [7, 11) is 0. The molecule has 1 N–H and O–H groups in total. The number of rotatable bonds is 4. The van der Waals surface area contributed by atoms with Gasteiger partial charge in [0.1, 0.15) is 0 Å². The van der Waals surface area contributed by atoms with Gasteiger partial charge in [-0.25, -0.2) is 4.98 Å². The summed E-state index contributed by atoms with van der Waals surface area (Å²) in [5.41, 5.74) is 4.92. The fraction of sp³-hybridized carbons (Fsp3) is 0.231. The number of fused-ring (bicyclic) bond motifs is 1. The molecule has 1 amide bonds. The minimum atomic E-state index is -0.528. The van der Waals surface area contributed by atoms with Gasteiger partial charge in [-0.05, 0) is 61.6 Å². The highest BCUT2D eigenvalue weighted by molar-refractivity contribution is 7.22. The van der Waals surface area contributed by atoms with Gasteiger partial charge in [-0.15, -0.1) is 0 Å². The van der Waals surface area contributed by atoms with E-state index in [4.69, 9.17) is 0 Å². The Morgan fingerprint density at radius 3 is 2.10 bits per heavy atom. The van der Waals surface area contributed by atoms with E-state index in [-0.39, 0.29) is 11.3 Å². The highest BCUT2D eigenvalue weighted by atomic mass is 32.1. The van der Waals surface area contributed by atoms with Crippen LogP contribution in [-0.2, 0) is 10.2 Å². The second-order valence-electron chi connectivity index (χ2n) is 8.52. The van der Waals surface area contributed by atoms with Crippen LogP contribution in [0.3, 0.4) is 0 Å². The molecule has 0 saturated heterocycles. The molecule has 1 saturated carbocycles. The molecule has 4 heteroatoms. The lowest BCUT2D eigenvalue weighted by Gasteiger charge is -2.23. The largest absolute Gasteiger partial charge is 0.301 e. The highest BCUT2D eigenvalue weighted by Crippen LogP contribution is 2.68. The van der Waals surface area contributed by atoms with Crippen molar-refractivity contribution >= 4 is 32.6 Å². The molecule has 5 rings (SSSR count). The van der Waals surface area contributed by atoms with Crippen LogP contribution in [0.1, 0.15) is 35.6 Å². The van der Waals surface area contributed by atoms with E-state index in [1.807, 2.05) is 12.1 Å². The van der Waals surface area contributed by atoms with E-state index in [1.165, 1.54) is 22.3 Å². The first-order valence-corrected chi connectivity index (χ1v) is 11.1. The summed E-state index contributed by atoms with van der Waals surface area (Å²) >= 11 is 1.54. The number of amides is 1. The number of nitrogens with zero attached hydrogens (tertiary/aromatic N) is 1. The van der Waals surface area contributed by atoms with Gasteiger partial charge in [0.25, 0.3) is 0 Å². The van der Waals surface area contributed by atoms with Crippen molar-refractivity contribution in [1.29, 1.82) is 0 Å². The van der Waals surface area contributed by atoms with Crippen molar-refractivity contribution in [3.63, 3.8) is 0 Å². The number of aryl methyl sites for hydroxylation is 2. The average molecular weight is 413 g/mol. The first kappa shape index (κ1) is 19.0. The van der Waals surface area contributed by atoms with E-state index in [0.29, 0.717) is 5.13 Å². The molecular weight excluding hydrogens is 388 g/mol. The fourth-order valence-corrected chi connectivity index (χ4v) is 5.62. The zero-order valence-corrected chi connectivity index (χ0v) is 18.2. The Balaban J connectivity index is 1.51. The van der Waals surface area contributed by atoms with Gasteiger partial charge < -0.3 is 5.32 Å². The molecule has 1 aliphatic carbocycles. The van der Waals surface area contributed by atoms with Crippen LogP contribution in [0, 0.1) is 19.3 Å². The summed E-state index contributed by atoms with van der Waals surface area (Å²) in [5.74, 6) is 0.0303. The minimum Gasteiger partial charge on any atom is -0.301 e. The molecule has 3 aromatic carbocycles. The lowest BCUT2D eigenvalue weighted by molar-refractivity contribution is -0.121. The molecule has 1 unspecified atom stereocenters. The van der Waals surface area contributed by atoms with E-state index in [9.17, 15) is 4.79 Å². The van der Waals surface area contributed by atoms with Gasteiger partial charge in [0.05, 0.1) is 15.6 Å². The van der Waals surface area contributed by atoms with Crippen LogP contribution in [0.4, 0.5) is 5.13 Å². The quantitative estimate of drug-likeness (QED) is 0.430. The molecule has 150 valence electrons. The second kappa shape index (κ2) is 6.78. The third-order valence-corrected chi connectivity index (χ3v) is 7.63.